The number of methoxy groups -OCH3 is 1. The molecule has 1 spiro atoms. The quantitative estimate of drug-likeness (QED) is 0.607. The maximum atomic E-state index is 5.70. The molecule has 2 aliphatic rings. The largest absolute Gasteiger partial charge is 0.496 e. The minimum absolute atomic E-state index is 0.171. The lowest BCUT2D eigenvalue weighted by atomic mass is 9.35. The Morgan fingerprint density at radius 2 is 1.65 bits per heavy atom. The molecule has 1 aromatic rings. The van der Waals surface area contributed by atoms with Crippen LogP contribution in [0.15, 0.2) is 23.8 Å². The molecular weight excluding hydrogens is 296 g/mol. The third-order valence-corrected chi connectivity index (χ3v) is 7.57. The van der Waals surface area contributed by atoms with E-state index in [1.54, 1.807) is 12.7 Å². The number of allylic oxidation sites excluding steroid dienone is 1. The topological polar surface area (TPSA) is 9.23 Å². The lowest BCUT2D eigenvalue weighted by Gasteiger charge is -2.68. The molecule has 23 heavy (non-hydrogen) atoms. The van der Waals surface area contributed by atoms with E-state index in [0.29, 0.717) is 10.8 Å². The van der Waals surface area contributed by atoms with Gasteiger partial charge in [-0.05, 0) is 34.9 Å². The van der Waals surface area contributed by atoms with E-state index in [9.17, 15) is 0 Å². The van der Waals surface area contributed by atoms with E-state index in [1.165, 1.54) is 23.6 Å². The molecule has 0 aliphatic heterocycles. The molecule has 2 heteroatoms. The van der Waals surface area contributed by atoms with Crippen LogP contribution >= 0.6 is 0 Å². The summed E-state index contributed by atoms with van der Waals surface area (Å²) >= 11 is 0. The molecule has 0 bridgehead atoms. The van der Waals surface area contributed by atoms with Crippen molar-refractivity contribution < 1.29 is 4.74 Å². The van der Waals surface area contributed by atoms with E-state index in [0.717, 1.165) is 5.75 Å². The second-order valence-electron chi connectivity index (χ2n) is 10.0. The summed E-state index contributed by atoms with van der Waals surface area (Å²) in [5, 5.41) is 0. The second kappa shape index (κ2) is 4.75. The summed E-state index contributed by atoms with van der Waals surface area (Å²) in [6.07, 6.45) is 3.76. The zero-order chi connectivity index (χ0) is 17.3. The van der Waals surface area contributed by atoms with Gasteiger partial charge in [-0.3, -0.25) is 0 Å². The van der Waals surface area contributed by atoms with Crippen molar-refractivity contribution in [2.45, 2.75) is 65.2 Å². The van der Waals surface area contributed by atoms with Gasteiger partial charge in [0.15, 0.2) is 0 Å². The molecule has 0 aromatic heterocycles. The molecule has 3 rings (SSSR count). The first-order chi connectivity index (χ1) is 10.5. The van der Waals surface area contributed by atoms with Gasteiger partial charge in [0.2, 0.25) is 0 Å². The Kier molecular flexibility index (Phi) is 3.47. The number of hydrogen-bond acceptors (Lipinski definition) is 1. The molecule has 0 heterocycles. The van der Waals surface area contributed by atoms with Crippen molar-refractivity contribution >= 4 is 14.1 Å². The fourth-order valence-corrected chi connectivity index (χ4v) is 7.70. The van der Waals surface area contributed by atoms with Crippen LogP contribution in [0.4, 0.5) is 0 Å². The average Bonchev–Trinajstić information content (AvgIpc) is 2.71. The Morgan fingerprint density at radius 1 is 1.04 bits per heavy atom. The maximum Gasteiger partial charge on any atom is 0.126 e. The smallest absolute Gasteiger partial charge is 0.126 e. The van der Waals surface area contributed by atoms with E-state index in [2.05, 4.69) is 71.6 Å². The number of hydrogen-bond donors (Lipinski definition) is 0. The highest BCUT2D eigenvalue weighted by atomic mass is 28.3. The first kappa shape index (κ1) is 16.8. The van der Waals surface area contributed by atoms with Crippen LogP contribution in [0.25, 0.3) is 6.08 Å². The highest BCUT2D eigenvalue weighted by Gasteiger charge is 2.69. The predicted octanol–water partition coefficient (Wildman–Crippen LogP) is 6.12. The molecule has 0 amide bonds. The van der Waals surface area contributed by atoms with Crippen molar-refractivity contribution in [3.63, 3.8) is 0 Å². The van der Waals surface area contributed by atoms with Crippen molar-refractivity contribution in [1.29, 1.82) is 0 Å². The summed E-state index contributed by atoms with van der Waals surface area (Å²) in [6.45, 7) is 17.3. The van der Waals surface area contributed by atoms with E-state index in [1.807, 2.05) is 0 Å². The highest BCUT2D eigenvalue weighted by molar-refractivity contribution is 6.76. The monoisotopic (exact) mass is 328 g/mol. The summed E-state index contributed by atoms with van der Waals surface area (Å²) < 4.78 is 5.70. The third-order valence-electron chi connectivity index (χ3n) is 6.13. The second-order valence-corrected chi connectivity index (χ2v) is 15.5. The minimum atomic E-state index is -1.19. The van der Waals surface area contributed by atoms with Crippen LogP contribution in [0.1, 0.15) is 45.2 Å². The Hall–Kier alpha value is -1.02. The van der Waals surface area contributed by atoms with Gasteiger partial charge in [-0.25, -0.2) is 0 Å². The number of fused-ring (bicyclic) bond motifs is 2. The Morgan fingerprint density at radius 3 is 2.13 bits per heavy atom. The molecule has 0 unspecified atom stereocenters. The van der Waals surface area contributed by atoms with E-state index in [-0.39, 0.29) is 5.41 Å². The molecule has 1 aromatic carbocycles. The van der Waals surface area contributed by atoms with Crippen LogP contribution in [0.3, 0.4) is 0 Å². The fourth-order valence-electron chi connectivity index (χ4n) is 6.19. The van der Waals surface area contributed by atoms with Crippen LogP contribution < -0.4 is 4.74 Å². The number of ether oxygens (including phenoxy) is 1. The lowest BCUT2D eigenvalue weighted by Crippen LogP contribution is -2.64. The average molecular weight is 329 g/mol. The van der Waals surface area contributed by atoms with E-state index >= 15 is 0 Å². The molecular formula is C21H32OSi. The Balaban J connectivity index is 2.27. The molecule has 2 aliphatic carbocycles. The summed E-state index contributed by atoms with van der Waals surface area (Å²) in [5.74, 6) is 1.03. The number of rotatable bonds is 3. The Labute approximate surface area is 143 Å². The number of benzene rings is 1. The van der Waals surface area contributed by atoms with Crippen LogP contribution in [-0.2, 0) is 5.41 Å². The molecule has 126 valence electrons. The van der Waals surface area contributed by atoms with Crippen LogP contribution in [0.5, 0.6) is 5.75 Å². The summed E-state index contributed by atoms with van der Waals surface area (Å²) in [5.41, 5.74) is 5.29. The summed E-state index contributed by atoms with van der Waals surface area (Å²) in [7, 11) is 0.601. The van der Waals surface area contributed by atoms with Crippen LogP contribution in [-0.4, -0.2) is 15.2 Å². The molecule has 1 saturated carbocycles. The molecule has 1 fully saturated rings. The van der Waals surface area contributed by atoms with Crippen LogP contribution in [0.2, 0.25) is 25.7 Å². The zero-order valence-corrected chi connectivity index (χ0v) is 17.1. The summed E-state index contributed by atoms with van der Waals surface area (Å²) in [4.78, 5) is 0. The van der Waals surface area contributed by atoms with Gasteiger partial charge in [0.25, 0.3) is 0 Å². The van der Waals surface area contributed by atoms with Gasteiger partial charge in [0, 0.05) is 19.1 Å². The van der Waals surface area contributed by atoms with Crippen LogP contribution in [0, 0.1) is 10.8 Å². The standard InChI is InChI=1S/C21H32OSi/c1-19(2)14-20(3,4)21(19)15(13-23(6,7)8)12-16-17(21)10-9-11-18(16)22-5/h9-12H,13-14H2,1-8H3. The van der Waals surface area contributed by atoms with Crippen molar-refractivity contribution in [3.05, 3.63) is 34.9 Å². The van der Waals surface area contributed by atoms with Gasteiger partial charge in [-0.1, -0.05) is 71.1 Å². The first-order valence-corrected chi connectivity index (χ1v) is 12.6. The normalized spacial score (nSPS) is 23.2. The van der Waals surface area contributed by atoms with Gasteiger partial charge < -0.3 is 4.74 Å². The molecule has 1 nitrogen and oxygen atoms in total. The minimum Gasteiger partial charge on any atom is -0.496 e. The van der Waals surface area contributed by atoms with E-state index < -0.39 is 8.07 Å². The van der Waals surface area contributed by atoms with Crippen molar-refractivity contribution in [2.75, 3.05) is 7.11 Å². The first-order valence-electron chi connectivity index (χ1n) is 8.85. The fraction of sp³-hybridized carbons (Fsp3) is 0.619. The predicted molar refractivity (Wildman–Crippen MR) is 103 cm³/mol. The van der Waals surface area contributed by atoms with Gasteiger partial charge in [-0.15, -0.1) is 0 Å². The SMILES string of the molecule is COc1cccc2c1C=C(C[Si](C)(C)C)C21C(C)(C)CC1(C)C. The van der Waals surface area contributed by atoms with Crippen molar-refractivity contribution in [1.82, 2.24) is 0 Å². The molecule has 0 N–H and O–H groups in total. The lowest BCUT2D eigenvalue weighted by molar-refractivity contribution is -0.0890. The maximum absolute atomic E-state index is 5.70. The van der Waals surface area contributed by atoms with Gasteiger partial charge in [-0.2, -0.15) is 0 Å². The molecule has 0 saturated heterocycles. The van der Waals surface area contributed by atoms with Crippen molar-refractivity contribution in [2.24, 2.45) is 10.8 Å². The summed E-state index contributed by atoms with van der Waals surface area (Å²) in [6, 6.07) is 7.92. The van der Waals surface area contributed by atoms with Gasteiger partial charge >= 0.3 is 0 Å². The van der Waals surface area contributed by atoms with Crippen molar-refractivity contribution in [3.8, 4) is 5.75 Å². The van der Waals surface area contributed by atoms with Gasteiger partial charge in [0.1, 0.15) is 5.75 Å². The Bertz CT molecular complexity index is 660. The molecule has 0 atom stereocenters. The third kappa shape index (κ3) is 2.10. The van der Waals surface area contributed by atoms with E-state index in [4.69, 9.17) is 4.74 Å². The highest BCUT2D eigenvalue weighted by Crippen LogP contribution is 2.75. The zero-order valence-electron chi connectivity index (χ0n) is 16.1. The molecule has 0 radical (unpaired) electrons. The van der Waals surface area contributed by atoms with Gasteiger partial charge in [0.05, 0.1) is 7.11 Å².